The third kappa shape index (κ3) is 6.04. The Hall–Kier alpha value is -2.45. The van der Waals surface area contributed by atoms with Gasteiger partial charge < -0.3 is 18.9 Å². The minimum atomic E-state index is -1.93. The average molecular weight is 379 g/mol. The SMILES string of the molecule is C=CCO[C@H]1[C@H](OCc2ccccc2)[C@@H](N=[N+]=[N-])C(F)O[C@@H]1COC(C)=O. The Kier molecular flexibility index (Phi) is 8.22. The molecule has 0 amide bonds. The predicted octanol–water partition coefficient (Wildman–Crippen LogP) is 3.08. The molecular formula is C18H22FN3O5. The summed E-state index contributed by atoms with van der Waals surface area (Å²) in [5.74, 6) is -0.532. The molecule has 0 spiro atoms. The second-order valence-corrected chi connectivity index (χ2v) is 5.87. The number of rotatable bonds is 9. The lowest BCUT2D eigenvalue weighted by atomic mass is 9.97. The summed E-state index contributed by atoms with van der Waals surface area (Å²) < 4.78 is 36.3. The Labute approximate surface area is 156 Å². The number of carbonyl (C=O) groups is 1. The topological polar surface area (TPSA) is 103 Å². The first-order valence-corrected chi connectivity index (χ1v) is 8.42. The number of nitrogens with zero attached hydrogens (tertiary/aromatic N) is 3. The maximum atomic E-state index is 14.5. The van der Waals surface area contributed by atoms with Gasteiger partial charge in [0.2, 0.25) is 6.36 Å². The van der Waals surface area contributed by atoms with Crippen molar-refractivity contribution in [2.45, 2.75) is 44.2 Å². The first-order valence-electron chi connectivity index (χ1n) is 8.42. The van der Waals surface area contributed by atoms with E-state index in [1.54, 1.807) is 0 Å². The van der Waals surface area contributed by atoms with Gasteiger partial charge in [-0.15, -0.1) is 6.58 Å². The first-order chi connectivity index (χ1) is 13.1. The van der Waals surface area contributed by atoms with E-state index >= 15 is 0 Å². The highest BCUT2D eigenvalue weighted by Crippen LogP contribution is 2.30. The van der Waals surface area contributed by atoms with E-state index in [9.17, 15) is 9.18 Å². The molecule has 1 unspecified atom stereocenters. The van der Waals surface area contributed by atoms with Gasteiger partial charge in [-0.2, -0.15) is 0 Å². The summed E-state index contributed by atoms with van der Waals surface area (Å²) in [5.41, 5.74) is 9.66. The van der Waals surface area contributed by atoms with Crippen molar-refractivity contribution in [3.8, 4) is 0 Å². The summed E-state index contributed by atoms with van der Waals surface area (Å²) in [5, 5.41) is 3.49. The molecular weight excluding hydrogens is 357 g/mol. The normalized spacial score (nSPS) is 27.4. The summed E-state index contributed by atoms with van der Waals surface area (Å²) in [6.07, 6.45) is -3.10. The Bertz CT molecular complexity index is 668. The molecule has 1 aliphatic heterocycles. The van der Waals surface area contributed by atoms with Gasteiger partial charge in [-0.25, -0.2) is 4.39 Å². The van der Waals surface area contributed by atoms with Crippen molar-refractivity contribution >= 4 is 5.97 Å². The van der Waals surface area contributed by atoms with Gasteiger partial charge in [-0.05, 0) is 11.1 Å². The lowest BCUT2D eigenvalue weighted by molar-refractivity contribution is -0.247. The van der Waals surface area contributed by atoms with Crippen molar-refractivity contribution < 1.29 is 28.1 Å². The fourth-order valence-electron chi connectivity index (χ4n) is 2.73. The summed E-state index contributed by atoms with van der Waals surface area (Å²) in [6, 6.07) is 8.02. The number of ether oxygens (including phenoxy) is 4. The third-order valence-corrected chi connectivity index (χ3v) is 3.93. The molecule has 0 bridgehead atoms. The molecule has 0 radical (unpaired) electrons. The monoisotopic (exact) mass is 379 g/mol. The van der Waals surface area contributed by atoms with E-state index in [4.69, 9.17) is 24.5 Å². The van der Waals surface area contributed by atoms with Gasteiger partial charge in [0.1, 0.15) is 31.0 Å². The van der Waals surface area contributed by atoms with E-state index in [0.29, 0.717) is 0 Å². The average Bonchev–Trinajstić information content (AvgIpc) is 2.66. The van der Waals surface area contributed by atoms with Crippen LogP contribution < -0.4 is 0 Å². The number of hydrogen-bond acceptors (Lipinski definition) is 6. The molecule has 0 aliphatic carbocycles. The quantitative estimate of drug-likeness (QED) is 0.216. The lowest BCUT2D eigenvalue weighted by Gasteiger charge is -2.42. The van der Waals surface area contributed by atoms with Crippen molar-refractivity contribution in [1.29, 1.82) is 0 Å². The molecule has 1 aromatic rings. The molecule has 5 atom stereocenters. The van der Waals surface area contributed by atoms with Crippen LogP contribution in [0, 0.1) is 0 Å². The summed E-state index contributed by atoms with van der Waals surface area (Å²) in [4.78, 5) is 13.8. The molecule has 9 heteroatoms. The van der Waals surface area contributed by atoms with Gasteiger partial charge in [0, 0.05) is 11.8 Å². The lowest BCUT2D eigenvalue weighted by Crippen LogP contribution is -2.58. The second-order valence-electron chi connectivity index (χ2n) is 5.87. The van der Waals surface area contributed by atoms with E-state index in [-0.39, 0.29) is 19.8 Å². The van der Waals surface area contributed by atoms with Gasteiger partial charge in [0.05, 0.1) is 13.2 Å². The van der Waals surface area contributed by atoms with Crippen LogP contribution in [-0.4, -0.2) is 49.9 Å². The molecule has 1 fully saturated rings. The largest absolute Gasteiger partial charge is 0.463 e. The molecule has 1 aliphatic rings. The number of carbonyl (C=O) groups excluding carboxylic acids is 1. The number of alkyl halides is 1. The molecule has 0 aromatic heterocycles. The number of esters is 1. The van der Waals surface area contributed by atoms with Gasteiger partial charge in [-0.3, -0.25) is 4.79 Å². The maximum Gasteiger partial charge on any atom is 0.302 e. The maximum absolute atomic E-state index is 14.5. The van der Waals surface area contributed by atoms with Gasteiger partial charge >= 0.3 is 5.97 Å². The Morgan fingerprint density at radius 2 is 2.11 bits per heavy atom. The van der Waals surface area contributed by atoms with Crippen molar-refractivity contribution in [3.05, 3.63) is 59.0 Å². The van der Waals surface area contributed by atoms with Crippen LogP contribution >= 0.6 is 0 Å². The molecule has 8 nitrogen and oxygen atoms in total. The molecule has 1 saturated heterocycles. The number of hydrogen-bond donors (Lipinski definition) is 0. The van der Waals surface area contributed by atoms with Gasteiger partial charge in [0.15, 0.2) is 0 Å². The van der Waals surface area contributed by atoms with E-state index in [2.05, 4.69) is 16.6 Å². The predicted molar refractivity (Wildman–Crippen MR) is 94.3 cm³/mol. The highest BCUT2D eigenvalue weighted by Gasteiger charge is 2.48. The number of azide groups is 1. The van der Waals surface area contributed by atoms with Crippen LogP contribution in [0.1, 0.15) is 12.5 Å². The van der Waals surface area contributed by atoms with Crippen LogP contribution in [0.5, 0.6) is 0 Å². The minimum Gasteiger partial charge on any atom is -0.463 e. The van der Waals surface area contributed by atoms with Crippen molar-refractivity contribution in [2.24, 2.45) is 5.11 Å². The zero-order chi connectivity index (χ0) is 19.6. The van der Waals surface area contributed by atoms with Gasteiger partial charge in [-0.1, -0.05) is 41.5 Å². The highest BCUT2D eigenvalue weighted by molar-refractivity contribution is 5.65. The van der Waals surface area contributed by atoms with Crippen LogP contribution in [0.2, 0.25) is 0 Å². The van der Waals surface area contributed by atoms with Crippen molar-refractivity contribution in [2.75, 3.05) is 13.2 Å². The van der Waals surface area contributed by atoms with E-state index in [1.807, 2.05) is 30.3 Å². The summed E-state index contributed by atoms with van der Waals surface area (Å²) >= 11 is 0. The first kappa shape index (κ1) is 20.9. The highest BCUT2D eigenvalue weighted by atomic mass is 19.1. The molecule has 1 heterocycles. The standard InChI is InChI=1S/C18H22FN3O5/c1-3-9-24-16-14(11-25-12(2)23)27-18(19)15(21-22-20)17(16)26-10-13-7-5-4-6-8-13/h3-8,14-18H,1,9-11H2,2H3/t14-,15-,16-,17-,18?/m1/s1. The summed E-state index contributed by atoms with van der Waals surface area (Å²) in [7, 11) is 0. The zero-order valence-electron chi connectivity index (χ0n) is 14.9. The fraction of sp³-hybridized carbons (Fsp3) is 0.500. The molecule has 27 heavy (non-hydrogen) atoms. The van der Waals surface area contributed by atoms with E-state index in [1.165, 1.54) is 13.0 Å². The van der Waals surface area contributed by atoms with E-state index in [0.717, 1.165) is 5.56 Å². The molecule has 1 aromatic carbocycles. The molecule has 146 valence electrons. The van der Waals surface area contributed by atoms with Crippen LogP contribution in [0.3, 0.4) is 0 Å². The fourth-order valence-corrected chi connectivity index (χ4v) is 2.73. The minimum absolute atomic E-state index is 0.135. The van der Waals surface area contributed by atoms with Gasteiger partial charge in [0.25, 0.3) is 0 Å². The Balaban J connectivity index is 2.23. The van der Waals surface area contributed by atoms with Crippen LogP contribution in [0.15, 0.2) is 48.1 Å². The third-order valence-electron chi connectivity index (χ3n) is 3.93. The van der Waals surface area contributed by atoms with Crippen LogP contribution in [0.25, 0.3) is 10.4 Å². The van der Waals surface area contributed by atoms with Crippen molar-refractivity contribution in [1.82, 2.24) is 0 Å². The molecule has 0 N–H and O–H groups in total. The molecule has 2 rings (SSSR count). The summed E-state index contributed by atoms with van der Waals surface area (Å²) in [6.45, 7) is 4.90. The molecule has 0 saturated carbocycles. The van der Waals surface area contributed by atoms with Crippen LogP contribution in [-0.2, 0) is 30.3 Å². The van der Waals surface area contributed by atoms with E-state index < -0.39 is 36.7 Å². The second kappa shape index (κ2) is 10.6. The zero-order valence-corrected chi connectivity index (χ0v) is 14.9. The smallest absolute Gasteiger partial charge is 0.302 e. The Morgan fingerprint density at radius 3 is 2.74 bits per heavy atom. The number of benzene rings is 1. The van der Waals surface area contributed by atoms with Crippen LogP contribution in [0.4, 0.5) is 4.39 Å². The van der Waals surface area contributed by atoms with Crippen molar-refractivity contribution in [3.63, 3.8) is 0 Å². The number of halogens is 1. The Morgan fingerprint density at radius 1 is 1.37 bits per heavy atom.